The Morgan fingerprint density at radius 2 is 1.80 bits per heavy atom. The zero-order valence-corrected chi connectivity index (χ0v) is 14.0. The van der Waals surface area contributed by atoms with E-state index in [4.69, 9.17) is 0 Å². The van der Waals surface area contributed by atoms with Gasteiger partial charge in [0, 0.05) is 23.9 Å². The monoisotopic (exact) mass is 329 g/mol. The molecule has 1 aromatic heterocycles. The lowest BCUT2D eigenvalue weighted by Crippen LogP contribution is -2.32. The normalized spacial score (nSPS) is 16.0. The first-order valence-electron chi connectivity index (χ1n) is 8.35. The smallest absolute Gasteiger partial charge is 0.256 e. The number of benzene rings is 2. The summed E-state index contributed by atoms with van der Waals surface area (Å²) in [4.78, 5) is 19.2. The molecule has 4 rings (SSSR count). The van der Waals surface area contributed by atoms with Gasteiger partial charge in [-0.2, -0.15) is 0 Å². The molecule has 1 N–H and O–H groups in total. The van der Waals surface area contributed by atoms with Gasteiger partial charge in [0.25, 0.3) is 5.91 Å². The van der Waals surface area contributed by atoms with Crippen molar-refractivity contribution in [2.45, 2.75) is 19.6 Å². The van der Waals surface area contributed by atoms with E-state index in [0.717, 1.165) is 28.1 Å². The summed E-state index contributed by atoms with van der Waals surface area (Å²) < 4.78 is 0. The lowest BCUT2D eigenvalue weighted by molar-refractivity contribution is 0.0728. The van der Waals surface area contributed by atoms with Gasteiger partial charge in [-0.1, -0.05) is 48.5 Å². The number of hydrogen-bond acceptors (Lipinski definition) is 3. The molecule has 1 atom stereocenters. The minimum Gasteiger partial charge on any atom is -0.346 e. The fourth-order valence-electron chi connectivity index (χ4n) is 3.22. The SMILES string of the molecule is Cc1ccnc(N[C@@H]2c3ccccc3C(=O)N2Cc2ccccc2)c1. The second-order valence-electron chi connectivity index (χ2n) is 6.27. The van der Waals surface area contributed by atoms with Gasteiger partial charge in [-0.15, -0.1) is 0 Å². The number of hydrogen-bond donors (Lipinski definition) is 1. The number of rotatable bonds is 4. The van der Waals surface area contributed by atoms with E-state index in [-0.39, 0.29) is 12.1 Å². The number of carbonyl (C=O) groups excluding carboxylic acids is 1. The molecule has 0 bridgehead atoms. The van der Waals surface area contributed by atoms with Crippen molar-refractivity contribution >= 4 is 11.7 Å². The van der Waals surface area contributed by atoms with Gasteiger partial charge < -0.3 is 10.2 Å². The van der Waals surface area contributed by atoms with Gasteiger partial charge >= 0.3 is 0 Å². The van der Waals surface area contributed by atoms with Gasteiger partial charge in [-0.05, 0) is 36.2 Å². The average Bonchev–Trinajstić information content (AvgIpc) is 2.89. The first-order valence-corrected chi connectivity index (χ1v) is 8.35. The van der Waals surface area contributed by atoms with E-state index in [1.165, 1.54) is 0 Å². The lowest BCUT2D eigenvalue weighted by Gasteiger charge is -2.27. The van der Waals surface area contributed by atoms with Crippen LogP contribution in [0.4, 0.5) is 5.82 Å². The number of aromatic nitrogens is 1. The van der Waals surface area contributed by atoms with E-state index >= 15 is 0 Å². The molecule has 0 saturated carbocycles. The Morgan fingerprint density at radius 3 is 2.60 bits per heavy atom. The zero-order chi connectivity index (χ0) is 17.2. The summed E-state index contributed by atoms with van der Waals surface area (Å²) in [5.74, 6) is 0.817. The number of fused-ring (bicyclic) bond motifs is 1. The maximum atomic E-state index is 12.9. The summed E-state index contributed by atoms with van der Waals surface area (Å²) in [6.45, 7) is 2.58. The summed E-state index contributed by atoms with van der Waals surface area (Å²) in [5.41, 5.74) is 3.98. The van der Waals surface area contributed by atoms with E-state index in [2.05, 4.69) is 10.3 Å². The molecule has 0 fully saturated rings. The molecule has 2 heterocycles. The van der Waals surface area contributed by atoms with E-state index < -0.39 is 0 Å². The molecule has 2 aromatic carbocycles. The van der Waals surface area contributed by atoms with Gasteiger partial charge in [0.1, 0.15) is 12.0 Å². The quantitative estimate of drug-likeness (QED) is 0.782. The number of aryl methyl sites for hydroxylation is 1. The van der Waals surface area contributed by atoms with Gasteiger partial charge in [-0.3, -0.25) is 4.79 Å². The molecular weight excluding hydrogens is 310 g/mol. The van der Waals surface area contributed by atoms with E-state index in [1.807, 2.05) is 78.6 Å². The zero-order valence-electron chi connectivity index (χ0n) is 14.0. The van der Waals surface area contributed by atoms with E-state index in [0.29, 0.717) is 6.54 Å². The molecule has 4 heteroatoms. The minimum atomic E-state index is -0.224. The molecule has 0 aliphatic carbocycles. The number of nitrogens with zero attached hydrogens (tertiary/aromatic N) is 2. The van der Waals surface area contributed by atoms with Crippen LogP contribution in [0.3, 0.4) is 0 Å². The van der Waals surface area contributed by atoms with Crippen LogP contribution in [0.25, 0.3) is 0 Å². The van der Waals surface area contributed by atoms with Crippen LogP contribution in [0.1, 0.15) is 33.2 Å². The number of anilines is 1. The largest absolute Gasteiger partial charge is 0.346 e. The molecule has 0 unspecified atom stereocenters. The summed E-state index contributed by atoms with van der Waals surface area (Å²) in [6, 6.07) is 21.8. The summed E-state index contributed by atoms with van der Waals surface area (Å²) in [7, 11) is 0. The van der Waals surface area contributed by atoms with E-state index in [9.17, 15) is 4.79 Å². The Hall–Kier alpha value is -3.14. The number of amides is 1. The Morgan fingerprint density at radius 1 is 1.04 bits per heavy atom. The molecule has 1 amide bonds. The molecule has 1 aliphatic rings. The van der Waals surface area contributed by atoms with Crippen molar-refractivity contribution in [3.8, 4) is 0 Å². The number of nitrogens with one attached hydrogen (secondary N) is 1. The third-order valence-corrected chi connectivity index (χ3v) is 4.45. The Kier molecular flexibility index (Phi) is 3.94. The van der Waals surface area contributed by atoms with E-state index in [1.54, 1.807) is 6.20 Å². The molecule has 3 aromatic rings. The van der Waals surface area contributed by atoms with Crippen LogP contribution in [0, 0.1) is 6.92 Å². The van der Waals surface area contributed by atoms with Crippen LogP contribution >= 0.6 is 0 Å². The van der Waals surface area contributed by atoms with Crippen molar-refractivity contribution in [3.05, 3.63) is 95.2 Å². The Bertz CT molecular complexity index is 908. The van der Waals surface area contributed by atoms with Gasteiger partial charge in [-0.25, -0.2) is 4.98 Å². The highest BCUT2D eigenvalue weighted by molar-refractivity contribution is 5.99. The van der Waals surface area contributed by atoms with Crippen LogP contribution < -0.4 is 5.32 Å². The molecular formula is C21H19N3O. The third-order valence-electron chi connectivity index (χ3n) is 4.45. The second kappa shape index (κ2) is 6.40. The van der Waals surface area contributed by atoms with Gasteiger partial charge in [0.05, 0.1) is 0 Å². The topological polar surface area (TPSA) is 45.2 Å². The van der Waals surface area contributed by atoms with Crippen LogP contribution in [0.15, 0.2) is 72.9 Å². The summed E-state index contributed by atoms with van der Waals surface area (Å²) in [5, 5.41) is 3.43. The van der Waals surface area contributed by atoms with Crippen molar-refractivity contribution in [2.24, 2.45) is 0 Å². The standard InChI is InChI=1S/C21H19N3O/c1-15-11-12-22-19(13-15)23-20-17-9-5-6-10-18(17)21(25)24(20)14-16-7-3-2-4-8-16/h2-13,20H,14H2,1H3,(H,22,23)/t20-/m0/s1. The van der Waals surface area contributed by atoms with Gasteiger partial charge in [0.15, 0.2) is 0 Å². The first-order chi connectivity index (χ1) is 12.2. The van der Waals surface area contributed by atoms with Crippen molar-refractivity contribution in [2.75, 3.05) is 5.32 Å². The van der Waals surface area contributed by atoms with Crippen molar-refractivity contribution < 1.29 is 4.79 Å². The fourth-order valence-corrected chi connectivity index (χ4v) is 3.22. The second-order valence-corrected chi connectivity index (χ2v) is 6.27. The van der Waals surface area contributed by atoms with Crippen LogP contribution in [0.2, 0.25) is 0 Å². The summed E-state index contributed by atoms with van der Waals surface area (Å²) >= 11 is 0. The van der Waals surface area contributed by atoms with Crippen molar-refractivity contribution in [1.29, 1.82) is 0 Å². The highest BCUT2D eigenvalue weighted by Crippen LogP contribution is 2.35. The molecule has 1 aliphatic heterocycles. The highest BCUT2D eigenvalue weighted by atomic mass is 16.2. The third kappa shape index (κ3) is 2.98. The molecule has 0 radical (unpaired) electrons. The Balaban J connectivity index is 1.70. The lowest BCUT2D eigenvalue weighted by atomic mass is 10.1. The van der Waals surface area contributed by atoms with Crippen LogP contribution in [-0.4, -0.2) is 15.8 Å². The Labute approximate surface area is 147 Å². The molecule has 0 spiro atoms. The minimum absolute atomic E-state index is 0.0459. The fraction of sp³-hybridized carbons (Fsp3) is 0.143. The number of pyridine rings is 1. The predicted octanol–water partition coefficient (Wildman–Crippen LogP) is 4.16. The maximum absolute atomic E-state index is 12.9. The first kappa shape index (κ1) is 15.4. The maximum Gasteiger partial charge on any atom is 0.256 e. The molecule has 25 heavy (non-hydrogen) atoms. The highest BCUT2D eigenvalue weighted by Gasteiger charge is 2.36. The molecule has 0 saturated heterocycles. The number of carbonyl (C=O) groups is 1. The average molecular weight is 329 g/mol. The molecule has 124 valence electrons. The van der Waals surface area contributed by atoms with Gasteiger partial charge in [0.2, 0.25) is 0 Å². The predicted molar refractivity (Wildman–Crippen MR) is 98.1 cm³/mol. The van der Waals surface area contributed by atoms with Crippen molar-refractivity contribution in [3.63, 3.8) is 0 Å². The molecule has 4 nitrogen and oxygen atoms in total. The summed E-state index contributed by atoms with van der Waals surface area (Å²) in [6.07, 6.45) is 1.56. The van der Waals surface area contributed by atoms with Crippen molar-refractivity contribution in [1.82, 2.24) is 9.88 Å². The van der Waals surface area contributed by atoms with Crippen LogP contribution in [-0.2, 0) is 6.54 Å². The van der Waals surface area contributed by atoms with Crippen LogP contribution in [0.5, 0.6) is 0 Å².